The summed E-state index contributed by atoms with van der Waals surface area (Å²) in [6.45, 7) is 1.38. The van der Waals surface area contributed by atoms with Crippen molar-refractivity contribution in [1.29, 1.82) is 0 Å². The number of nitrogens with zero attached hydrogens (tertiary/aromatic N) is 4. The Balaban J connectivity index is 1.49. The molecule has 1 saturated heterocycles. The molecule has 3 rings (SSSR count). The van der Waals surface area contributed by atoms with Gasteiger partial charge in [0.1, 0.15) is 5.69 Å². The van der Waals surface area contributed by atoms with Crippen LogP contribution in [0.4, 0.5) is 13.2 Å². The van der Waals surface area contributed by atoms with E-state index in [1.165, 1.54) is 12.1 Å². The lowest BCUT2D eigenvalue weighted by Crippen LogP contribution is -2.39. The van der Waals surface area contributed by atoms with E-state index in [1.807, 2.05) is 0 Å². The monoisotopic (exact) mass is 372 g/mol. The van der Waals surface area contributed by atoms with E-state index < -0.39 is 11.9 Å². The van der Waals surface area contributed by atoms with Crippen LogP contribution in [0.25, 0.3) is 0 Å². The van der Waals surface area contributed by atoms with E-state index >= 15 is 0 Å². The molecule has 3 heterocycles. The van der Waals surface area contributed by atoms with Crippen molar-refractivity contribution in [2.24, 2.45) is 5.92 Å². The molecule has 2 aromatic heterocycles. The van der Waals surface area contributed by atoms with Crippen LogP contribution in [-0.2, 0) is 6.18 Å². The van der Waals surface area contributed by atoms with Gasteiger partial charge in [0.25, 0.3) is 5.91 Å². The molecular weight excluding hydrogens is 357 g/mol. The normalized spacial score (nSPS) is 16.0. The molecule has 1 aliphatic rings. The summed E-state index contributed by atoms with van der Waals surface area (Å²) in [5.41, 5.74) is -0.629. The number of rotatable bonds is 4. The Morgan fingerprint density at radius 3 is 2.72 bits per heavy atom. The predicted octanol–water partition coefficient (Wildman–Crippen LogP) is 2.88. The second-order valence-electron chi connectivity index (χ2n) is 5.70. The summed E-state index contributed by atoms with van der Waals surface area (Å²) in [6.07, 6.45) is -3.07. The van der Waals surface area contributed by atoms with Crippen molar-refractivity contribution in [3.63, 3.8) is 0 Å². The second kappa shape index (κ2) is 7.34. The smallest absolute Gasteiger partial charge is 0.433 e. The molecule has 0 saturated carbocycles. The van der Waals surface area contributed by atoms with Gasteiger partial charge < -0.3 is 9.64 Å². The van der Waals surface area contributed by atoms with Gasteiger partial charge in [-0.15, -0.1) is 5.10 Å². The number of amides is 1. The molecule has 0 atom stereocenters. The summed E-state index contributed by atoms with van der Waals surface area (Å²) >= 11 is 1.13. The number of piperidine rings is 1. The van der Waals surface area contributed by atoms with E-state index in [2.05, 4.69) is 14.6 Å². The summed E-state index contributed by atoms with van der Waals surface area (Å²) < 4.78 is 47.0. The molecule has 6 nitrogen and oxygen atoms in total. The van der Waals surface area contributed by atoms with E-state index in [0.717, 1.165) is 17.6 Å². The van der Waals surface area contributed by atoms with Crippen LogP contribution in [0.5, 0.6) is 5.88 Å². The number of carbonyl (C=O) groups excluding carboxylic acids is 1. The van der Waals surface area contributed by atoms with Gasteiger partial charge in [-0.25, -0.2) is 4.98 Å². The van der Waals surface area contributed by atoms with Crippen LogP contribution in [0.3, 0.4) is 0 Å². The van der Waals surface area contributed by atoms with Gasteiger partial charge >= 0.3 is 6.18 Å². The lowest BCUT2D eigenvalue weighted by atomic mass is 9.97. The third-order valence-corrected chi connectivity index (χ3v) is 4.47. The standard InChI is InChI=1S/C15H15F3N4O2S/c16-15(17,18)12-2-1-3-13(19-12)24-8-10-4-6-22(7-5-10)14(23)11-9-25-21-20-11/h1-3,9-10H,4-8H2. The molecule has 2 aromatic rings. The first kappa shape index (κ1) is 17.6. The first-order chi connectivity index (χ1) is 11.9. The van der Waals surface area contributed by atoms with Crippen molar-refractivity contribution in [1.82, 2.24) is 19.5 Å². The van der Waals surface area contributed by atoms with Gasteiger partial charge in [-0.05, 0) is 36.4 Å². The molecule has 1 amide bonds. The lowest BCUT2D eigenvalue weighted by molar-refractivity contribution is -0.141. The minimum absolute atomic E-state index is 0.0399. The summed E-state index contributed by atoms with van der Waals surface area (Å²) in [5.74, 6) is -0.0245. The van der Waals surface area contributed by atoms with Gasteiger partial charge in [-0.3, -0.25) is 4.79 Å². The Labute approximate surface area is 145 Å². The van der Waals surface area contributed by atoms with E-state index in [0.29, 0.717) is 31.6 Å². The maximum atomic E-state index is 12.6. The van der Waals surface area contributed by atoms with E-state index in [9.17, 15) is 18.0 Å². The molecule has 10 heteroatoms. The third-order valence-electron chi connectivity index (χ3n) is 3.96. The SMILES string of the molecule is O=C(c1csnn1)N1CCC(COc2cccc(C(F)(F)F)n2)CC1. The zero-order valence-electron chi connectivity index (χ0n) is 13.1. The fourth-order valence-corrected chi connectivity index (χ4v) is 3.01. The summed E-state index contributed by atoms with van der Waals surface area (Å²) in [6, 6.07) is 3.59. The van der Waals surface area contributed by atoms with Crippen molar-refractivity contribution in [2.75, 3.05) is 19.7 Å². The Kier molecular flexibility index (Phi) is 5.16. The number of aromatic nitrogens is 3. The molecule has 1 aliphatic heterocycles. The van der Waals surface area contributed by atoms with Gasteiger partial charge in [0.15, 0.2) is 5.69 Å². The number of alkyl halides is 3. The van der Waals surface area contributed by atoms with Crippen LogP contribution in [0.15, 0.2) is 23.6 Å². The lowest BCUT2D eigenvalue weighted by Gasteiger charge is -2.31. The molecular formula is C15H15F3N4O2S. The van der Waals surface area contributed by atoms with Crippen LogP contribution in [0.1, 0.15) is 29.0 Å². The van der Waals surface area contributed by atoms with Crippen LogP contribution in [0, 0.1) is 5.92 Å². The molecule has 25 heavy (non-hydrogen) atoms. The molecule has 0 unspecified atom stereocenters. The zero-order valence-corrected chi connectivity index (χ0v) is 13.9. The number of ether oxygens (including phenoxy) is 1. The van der Waals surface area contributed by atoms with Crippen molar-refractivity contribution >= 4 is 17.4 Å². The molecule has 0 N–H and O–H groups in total. The highest BCUT2D eigenvalue weighted by Crippen LogP contribution is 2.29. The van der Waals surface area contributed by atoms with Crippen molar-refractivity contribution in [3.05, 3.63) is 35.0 Å². The number of likely N-dealkylation sites (tertiary alicyclic amines) is 1. The number of carbonyl (C=O) groups is 1. The quantitative estimate of drug-likeness (QED) is 0.826. The Bertz CT molecular complexity index is 716. The maximum absolute atomic E-state index is 12.6. The molecule has 0 aliphatic carbocycles. The highest BCUT2D eigenvalue weighted by molar-refractivity contribution is 7.03. The first-order valence-electron chi connectivity index (χ1n) is 7.67. The molecule has 1 fully saturated rings. The maximum Gasteiger partial charge on any atom is 0.433 e. The van der Waals surface area contributed by atoms with Crippen molar-refractivity contribution in [2.45, 2.75) is 19.0 Å². The zero-order chi connectivity index (χ0) is 17.9. The molecule has 0 bridgehead atoms. The van der Waals surface area contributed by atoms with Crippen LogP contribution < -0.4 is 4.74 Å². The Morgan fingerprint density at radius 1 is 1.32 bits per heavy atom. The minimum atomic E-state index is -4.49. The Hall–Kier alpha value is -2.23. The predicted molar refractivity (Wildman–Crippen MR) is 83.3 cm³/mol. The van der Waals surface area contributed by atoms with Crippen LogP contribution in [0.2, 0.25) is 0 Å². The topological polar surface area (TPSA) is 68.2 Å². The fourth-order valence-electron chi connectivity index (χ4n) is 2.58. The van der Waals surface area contributed by atoms with Crippen molar-refractivity contribution < 1.29 is 22.7 Å². The molecule has 0 spiro atoms. The number of halogens is 3. The third kappa shape index (κ3) is 4.44. The average Bonchev–Trinajstić information content (AvgIpc) is 3.14. The van der Waals surface area contributed by atoms with Crippen molar-refractivity contribution in [3.8, 4) is 5.88 Å². The number of pyridine rings is 1. The average molecular weight is 372 g/mol. The van der Waals surface area contributed by atoms with Crippen LogP contribution >= 0.6 is 11.5 Å². The summed E-state index contributed by atoms with van der Waals surface area (Å²) in [7, 11) is 0. The highest BCUT2D eigenvalue weighted by Gasteiger charge is 2.32. The van der Waals surface area contributed by atoms with Gasteiger partial charge in [0.2, 0.25) is 5.88 Å². The van der Waals surface area contributed by atoms with Gasteiger partial charge in [-0.1, -0.05) is 10.6 Å². The largest absolute Gasteiger partial charge is 0.477 e. The molecule has 0 radical (unpaired) electrons. The van der Waals surface area contributed by atoms with E-state index in [-0.39, 0.29) is 24.3 Å². The summed E-state index contributed by atoms with van der Waals surface area (Å²) in [4.78, 5) is 17.3. The molecule has 134 valence electrons. The first-order valence-corrected chi connectivity index (χ1v) is 8.50. The molecule has 0 aromatic carbocycles. The van der Waals surface area contributed by atoms with Crippen LogP contribution in [-0.4, -0.2) is 45.1 Å². The van der Waals surface area contributed by atoms with E-state index in [4.69, 9.17) is 4.74 Å². The summed E-state index contributed by atoms with van der Waals surface area (Å²) in [5, 5.41) is 5.37. The minimum Gasteiger partial charge on any atom is -0.477 e. The van der Waals surface area contributed by atoms with Gasteiger partial charge in [0, 0.05) is 24.5 Å². The number of hydrogen-bond donors (Lipinski definition) is 0. The second-order valence-corrected chi connectivity index (χ2v) is 6.31. The van der Waals surface area contributed by atoms with Gasteiger partial charge in [0.05, 0.1) is 6.61 Å². The van der Waals surface area contributed by atoms with E-state index in [1.54, 1.807) is 10.3 Å². The number of hydrogen-bond acceptors (Lipinski definition) is 6. The Morgan fingerprint density at radius 2 is 2.08 bits per heavy atom. The highest BCUT2D eigenvalue weighted by atomic mass is 32.1. The fraction of sp³-hybridized carbons (Fsp3) is 0.467. The van der Waals surface area contributed by atoms with Gasteiger partial charge in [-0.2, -0.15) is 13.2 Å².